The zero-order valence-electron chi connectivity index (χ0n) is 36.0. The van der Waals surface area contributed by atoms with Gasteiger partial charge in [-0.3, -0.25) is 9.13 Å². The second-order valence-corrected chi connectivity index (χ2v) is 19.1. The summed E-state index contributed by atoms with van der Waals surface area (Å²) in [4.78, 5) is 4.90. The summed E-state index contributed by atoms with van der Waals surface area (Å²) in [5.74, 6) is 2.26. The summed E-state index contributed by atoms with van der Waals surface area (Å²) in [5, 5.41) is 11.4. The molecule has 0 saturated carbocycles. The monoisotopic (exact) mass is 778 g/mol. The molecule has 0 atom stereocenters. The first-order valence-electron chi connectivity index (χ1n) is 20.7. The SMILES string of the molecule is Cc1ccccc1-n1cnnc1-n1c2ccccc2c2ccc(Oc3cc(N4CN(c5cccc(C(C)(C)C)c5)c5ccc(C(C)(C)C)cc54)cc(C(C)(C)C)c3)cc21. The third kappa shape index (κ3) is 6.92. The van der Waals surface area contributed by atoms with E-state index in [2.05, 4.69) is 221 Å². The van der Waals surface area contributed by atoms with E-state index in [-0.39, 0.29) is 16.2 Å². The van der Waals surface area contributed by atoms with Crippen LogP contribution < -0.4 is 14.5 Å². The minimum absolute atomic E-state index is 0.00391. The summed E-state index contributed by atoms with van der Waals surface area (Å²) in [6.07, 6.45) is 1.79. The van der Waals surface area contributed by atoms with E-state index in [0.717, 1.165) is 56.2 Å². The fraction of sp³-hybridized carbons (Fsp3) is 0.269. The number of rotatable bonds is 6. The molecular weight excluding hydrogens is 725 g/mol. The van der Waals surface area contributed by atoms with Crippen LogP contribution in [0.2, 0.25) is 0 Å². The summed E-state index contributed by atoms with van der Waals surface area (Å²) < 4.78 is 11.2. The number of hydrogen-bond acceptors (Lipinski definition) is 5. The van der Waals surface area contributed by atoms with Crippen LogP contribution in [0.15, 0.2) is 134 Å². The molecule has 0 N–H and O–H groups in total. The zero-order chi connectivity index (χ0) is 41.4. The predicted molar refractivity (Wildman–Crippen MR) is 245 cm³/mol. The zero-order valence-corrected chi connectivity index (χ0v) is 36.0. The predicted octanol–water partition coefficient (Wildman–Crippen LogP) is 13.6. The summed E-state index contributed by atoms with van der Waals surface area (Å²) in [6, 6.07) is 45.9. The van der Waals surface area contributed by atoms with Crippen molar-refractivity contribution in [2.75, 3.05) is 16.5 Å². The van der Waals surface area contributed by atoms with Crippen LogP contribution in [-0.2, 0) is 16.2 Å². The van der Waals surface area contributed by atoms with Gasteiger partial charge in [-0.15, -0.1) is 10.2 Å². The lowest BCUT2D eigenvalue weighted by atomic mass is 9.86. The molecule has 1 aliphatic rings. The number of aromatic nitrogens is 4. The van der Waals surface area contributed by atoms with Gasteiger partial charge in [0.25, 0.3) is 0 Å². The van der Waals surface area contributed by atoms with E-state index < -0.39 is 0 Å². The van der Waals surface area contributed by atoms with Crippen LogP contribution in [0.25, 0.3) is 33.4 Å². The van der Waals surface area contributed by atoms with Gasteiger partial charge in [-0.1, -0.05) is 117 Å². The highest BCUT2D eigenvalue weighted by atomic mass is 16.5. The van der Waals surface area contributed by atoms with Crippen LogP contribution in [-0.4, -0.2) is 26.0 Å². The van der Waals surface area contributed by atoms with Crippen LogP contribution in [0.4, 0.5) is 22.7 Å². The topological polar surface area (TPSA) is 51.4 Å². The molecule has 298 valence electrons. The van der Waals surface area contributed by atoms with Gasteiger partial charge < -0.3 is 14.5 Å². The highest BCUT2D eigenvalue weighted by Crippen LogP contribution is 2.48. The molecule has 0 radical (unpaired) electrons. The van der Waals surface area contributed by atoms with E-state index in [4.69, 9.17) is 9.84 Å². The van der Waals surface area contributed by atoms with Crippen LogP contribution in [0.1, 0.15) is 84.6 Å². The minimum atomic E-state index is -0.124. The Hall–Kier alpha value is -6.34. The molecule has 3 heterocycles. The van der Waals surface area contributed by atoms with Crippen LogP contribution in [0.3, 0.4) is 0 Å². The number of para-hydroxylation sites is 2. The number of hydrogen-bond donors (Lipinski definition) is 0. The molecule has 59 heavy (non-hydrogen) atoms. The Bertz CT molecular complexity index is 2880. The maximum Gasteiger partial charge on any atom is 0.240 e. The molecule has 0 amide bonds. The van der Waals surface area contributed by atoms with E-state index in [0.29, 0.717) is 6.67 Å². The Morgan fingerprint density at radius 3 is 1.95 bits per heavy atom. The standard InChI is InChI=1S/C52H54N6O/c1-34-16-11-13-20-44(34)55-32-53-54-49(55)58-45-21-14-12-19-42(45)43-24-23-40(31-47(43)58)59-41-28-37(52(8,9)10)27-39(30-41)57-33-56(38-18-15-17-35(26-38)50(2,3)4)46-25-22-36(29-48(46)57)51(5,6)7/h11-32H,33H2,1-10H3. The van der Waals surface area contributed by atoms with Crippen molar-refractivity contribution in [3.05, 3.63) is 156 Å². The Morgan fingerprint density at radius 1 is 0.508 bits per heavy atom. The van der Waals surface area contributed by atoms with Gasteiger partial charge in [0.05, 0.1) is 28.1 Å². The quantitative estimate of drug-likeness (QED) is 0.168. The number of fused-ring (bicyclic) bond motifs is 4. The molecule has 0 unspecified atom stereocenters. The minimum Gasteiger partial charge on any atom is -0.457 e. The van der Waals surface area contributed by atoms with Crippen LogP contribution in [0, 0.1) is 6.92 Å². The van der Waals surface area contributed by atoms with Crippen molar-refractivity contribution in [1.82, 2.24) is 19.3 Å². The Balaban J connectivity index is 1.16. The molecule has 2 aromatic heterocycles. The van der Waals surface area contributed by atoms with E-state index >= 15 is 0 Å². The van der Waals surface area contributed by atoms with E-state index in [1.165, 1.54) is 33.8 Å². The van der Waals surface area contributed by atoms with Crippen molar-refractivity contribution in [2.45, 2.75) is 85.5 Å². The number of nitrogens with zero attached hydrogens (tertiary/aromatic N) is 6. The Morgan fingerprint density at radius 2 is 1.19 bits per heavy atom. The van der Waals surface area contributed by atoms with Gasteiger partial charge >= 0.3 is 0 Å². The fourth-order valence-electron chi connectivity index (χ4n) is 8.29. The second-order valence-electron chi connectivity index (χ2n) is 19.1. The van der Waals surface area contributed by atoms with Crippen molar-refractivity contribution >= 4 is 44.6 Å². The number of benzene rings is 6. The largest absolute Gasteiger partial charge is 0.457 e. The number of ether oxygens (including phenoxy) is 1. The van der Waals surface area contributed by atoms with Crippen molar-refractivity contribution < 1.29 is 4.74 Å². The van der Waals surface area contributed by atoms with Gasteiger partial charge in [0, 0.05) is 34.3 Å². The summed E-state index contributed by atoms with van der Waals surface area (Å²) in [7, 11) is 0. The Labute approximate surface area is 348 Å². The molecular formula is C52H54N6O. The normalized spacial score (nSPS) is 13.5. The van der Waals surface area contributed by atoms with Crippen molar-refractivity contribution in [3.8, 4) is 23.1 Å². The smallest absolute Gasteiger partial charge is 0.240 e. The van der Waals surface area contributed by atoms with E-state index in [9.17, 15) is 0 Å². The molecule has 0 saturated heterocycles. The molecule has 0 bridgehead atoms. The molecule has 8 aromatic rings. The third-order valence-corrected chi connectivity index (χ3v) is 11.8. The van der Waals surface area contributed by atoms with E-state index in [1.54, 1.807) is 6.33 Å². The van der Waals surface area contributed by atoms with Gasteiger partial charge in [0.15, 0.2) is 0 Å². The van der Waals surface area contributed by atoms with Crippen LogP contribution in [0.5, 0.6) is 11.5 Å². The average molecular weight is 779 g/mol. The summed E-state index contributed by atoms with van der Waals surface area (Å²) in [5.41, 5.74) is 12.6. The maximum absolute atomic E-state index is 6.96. The Kier molecular flexibility index (Phi) is 9.00. The first kappa shape index (κ1) is 38.2. The summed E-state index contributed by atoms with van der Waals surface area (Å²) in [6.45, 7) is 23.3. The highest BCUT2D eigenvalue weighted by molar-refractivity contribution is 6.09. The second kappa shape index (κ2) is 13.9. The number of anilines is 4. The maximum atomic E-state index is 6.96. The molecule has 0 fully saturated rings. The molecule has 9 rings (SSSR count). The lowest BCUT2D eigenvalue weighted by Crippen LogP contribution is -2.25. The van der Waals surface area contributed by atoms with Crippen LogP contribution >= 0.6 is 0 Å². The highest BCUT2D eigenvalue weighted by Gasteiger charge is 2.32. The molecule has 0 aliphatic carbocycles. The lowest BCUT2D eigenvalue weighted by Gasteiger charge is -2.27. The van der Waals surface area contributed by atoms with Crippen molar-refractivity contribution in [1.29, 1.82) is 0 Å². The molecule has 6 aromatic carbocycles. The van der Waals surface area contributed by atoms with E-state index in [1.807, 2.05) is 0 Å². The third-order valence-electron chi connectivity index (χ3n) is 11.8. The lowest BCUT2D eigenvalue weighted by molar-refractivity contribution is 0.479. The summed E-state index contributed by atoms with van der Waals surface area (Å²) >= 11 is 0. The van der Waals surface area contributed by atoms with Crippen molar-refractivity contribution in [3.63, 3.8) is 0 Å². The van der Waals surface area contributed by atoms with Gasteiger partial charge in [0.2, 0.25) is 5.95 Å². The van der Waals surface area contributed by atoms with Gasteiger partial charge in [-0.25, -0.2) is 0 Å². The molecule has 0 spiro atoms. The first-order chi connectivity index (χ1) is 28.0. The molecule has 1 aliphatic heterocycles. The fourth-order valence-corrected chi connectivity index (χ4v) is 8.29. The molecule has 7 nitrogen and oxygen atoms in total. The molecule has 7 heteroatoms. The van der Waals surface area contributed by atoms with Crippen molar-refractivity contribution in [2.24, 2.45) is 0 Å². The number of aryl methyl sites for hydroxylation is 1. The average Bonchev–Trinajstić information content (AvgIpc) is 3.91. The van der Waals surface area contributed by atoms with Gasteiger partial charge in [-0.2, -0.15) is 0 Å². The van der Waals surface area contributed by atoms with Gasteiger partial charge in [-0.05, 0) is 106 Å². The first-order valence-corrected chi connectivity index (χ1v) is 20.7. The van der Waals surface area contributed by atoms with Gasteiger partial charge in [0.1, 0.15) is 24.5 Å².